The maximum Gasteiger partial charge on any atom is 0.135 e. The zero-order chi connectivity index (χ0) is 11.8. The van der Waals surface area contributed by atoms with Gasteiger partial charge in [-0.3, -0.25) is 0 Å². The van der Waals surface area contributed by atoms with Crippen molar-refractivity contribution in [3.63, 3.8) is 0 Å². The van der Waals surface area contributed by atoms with Crippen LogP contribution in [0.4, 0.5) is 0 Å². The first-order valence-corrected chi connectivity index (χ1v) is 6.37. The van der Waals surface area contributed by atoms with Crippen molar-refractivity contribution >= 4 is 37.9 Å². The molecule has 3 aromatic rings. The predicted octanol–water partition coefficient (Wildman–Crippen LogP) is 4.01. The number of benzene rings is 2. The number of hydrogen-bond donors (Lipinski definition) is 1. The number of para-hydroxylation sites is 1. The van der Waals surface area contributed by atoms with E-state index in [0.29, 0.717) is 0 Å². The maximum absolute atomic E-state index is 9.15. The lowest BCUT2D eigenvalue weighted by Gasteiger charge is -2.05. The standard InChI is InChI=1S/C14H11BrO2/c15-12(8-16)9-5-6-14-11(7-9)10-3-1-2-4-13(10)17-14/h1-7,12,16H,8H2. The number of fused-ring (bicyclic) bond motifs is 3. The molecule has 2 aromatic carbocycles. The molecule has 0 spiro atoms. The van der Waals surface area contributed by atoms with E-state index in [0.717, 1.165) is 27.5 Å². The molecule has 1 N–H and O–H groups in total. The minimum Gasteiger partial charge on any atom is -0.456 e. The van der Waals surface area contributed by atoms with E-state index in [9.17, 15) is 0 Å². The number of aliphatic hydroxyl groups is 1. The Kier molecular flexibility index (Phi) is 2.65. The molecule has 1 unspecified atom stereocenters. The van der Waals surface area contributed by atoms with Crippen molar-refractivity contribution in [2.24, 2.45) is 0 Å². The van der Waals surface area contributed by atoms with Crippen molar-refractivity contribution in [1.29, 1.82) is 0 Å². The highest BCUT2D eigenvalue weighted by atomic mass is 79.9. The number of aliphatic hydroxyl groups excluding tert-OH is 1. The molecule has 1 aromatic heterocycles. The van der Waals surface area contributed by atoms with E-state index < -0.39 is 0 Å². The molecule has 2 nitrogen and oxygen atoms in total. The summed E-state index contributed by atoms with van der Waals surface area (Å²) in [6, 6.07) is 14.0. The third-order valence-corrected chi connectivity index (χ3v) is 3.74. The molecule has 0 saturated carbocycles. The van der Waals surface area contributed by atoms with Crippen molar-refractivity contribution in [3.8, 4) is 0 Å². The third kappa shape index (κ3) is 1.75. The smallest absolute Gasteiger partial charge is 0.135 e. The van der Waals surface area contributed by atoms with Gasteiger partial charge >= 0.3 is 0 Å². The fourth-order valence-electron chi connectivity index (χ4n) is 2.04. The fourth-order valence-corrected chi connectivity index (χ4v) is 2.33. The Labute approximate surface area is 107 Å². The quantitative estimate of drug-likeness (QED) is 0.724. The summed E-state index contributed by atoms with van der Waals surface area (Å²) in [5.74, 6) is 0. The van der Waals surface area contributed by atoms with Crippen molar-refractivity contribution in [1.82, 2.24) is 0 Å². The molecule has 3 heteroatoms. The third-order valence-electron chi connectivity index (χ3n) is 2.92. The largest absolute Gasteiger partial charge is 0.456 e. The minimum absolute atomic E-state index is 0.0273. The molecule has 0 bridgehead atoms. The lowest BCUT2D eigenvalue weighted by Crippen LogP contribution is -1.94. The Bertz CT molecular complexity index is 672. The monoisotopic (exact) mass is 290 g/mol. The summed E-state index contributed by atoms with van der Waals surface area (Å²) < 4.78 is 5.74. The zero-order valence-electron chi connectivity index (χ0n) is 9.06. The summed E-state index contributed by atoms with van der Waals surface area (Å²) in [5, 5.41) is 11.4. The molecule has 0 aliphatic carbocycles. The number of hydrogen-bond acceptors (Lipinski definition) is 2. The van der Waals surface area contributed by atoms with Crippen LogP contribution in [-0.4, -0.2) is 11.7 Å². The highest BCUT2D eigenvalue weighted by Crippen LogP contribution is 2.32. The molecule has 3 rings (SSSR count). The Balaban J connectivity index is 2.30. The van der Waals surface area contributed by atoms with Crippen molar-refractivity contribution < 1.29 is 9.52 Å². The molecule has 0 radical (unpaired) electrons. The van der Waals surface area contributed by atoms with Gasteiger partial charge in [-0.15, -0.1) is 0 Å². The topological polar surface area (TPSA) is 33.4 Å². The Morgan fingerprint density at radius 2 is 1.82 bits per heavy atom. The molecular formula is C14H11BrO2. The van der Waals surface area contributed by atoms with Crippen LogP contribution in [0.1, 0.15) is 10.4 Å². The van der Waals surface area contributed by atoms with Crippen LogP contribution in [0.25, 0.3) is 21.9 Å². The summed E-state index contributed by atoms with van der Waals surface area (Å²) in [7, 11) is 0. The average Bonchev–Trinajstić information content (AvgIpc) is 2.75. The molecule has 1 atom stereocenters. The van der Waals surface area contributed by atoms with Crippen molar-refractivity contribution in [2.75, 3.05) is 6.61 Å². The van der Waals surface area contributed by atoms with Gasteiger partial charge < -0.3 is 9.52 Å². The lowest BCUT2D eigenvalue weighted by molar-refractivity contribution is 0.298. The van der Waals surface area contributed by atoms with Gasteiger partial charge in [0.2, 0.25) is 0 Å². The van der Waals surface area contributed by atoms with Crippen molar-refractivity contribution in [3.05, 3.63) is 48.0 Å². The summed E-state index contributed by atoms with van der Waals surface area (Å²) in [5.41, 5.74) is 2.84. The second-order valence-electron chi connectivity index (χ2n) is 4.00. The maximum atomic E-state index is 9.15. The van der Waals surface area contributed by atoms with Gasteiger partial charge in [0, 0.05) is 10.8 Å². The van der Waals surface area contributed by atoms with Crippen LogP contribution in [0.3, 0.4) is 0 Å². The van der Waals surface area contributed by atoms with E-state index in [1.54, 1.807) is 0 Å². The van der Waals surface area contributed by atoms with Crippen molar-refractivity contribution in [2.45, 2.75) is 4.83 Å². The SMILES string of the molecule is OCC(Br)c1ccc2oc3ccccc3c2c1. The van der Waals surface area contributed by atoms with Crippen LogP contribution in [0, 0.1) is 0 Å². The van der Waals surface area contributed by atoms with Crippen LogP contribution in [0.2, 0.25) is 0 Å². The van der Waals surface area contributed by atoms with E-state index in [2.05, 4.69) is 22.0 Å². The Morgan fingerprint density at radius 1 is 1.06 bits per heavy atom. The number of halogens is 1. The second kappa shape index (κ2) is 4.17. The normalized spacial score (nSPS) is 13.3. The van der Waals surface area contributed by atoms with E-state index >= 15 is 0 Å². The molecule has 0 amide bonds. The van der Waals surface area contributed by atoms with Gasteiger partial charge in [-0.2, -0.15) is 0 Å². The molecule has 17 heavy (non-hydrogen) atoms. The minimum atomic E-state index is -0.0273. The predicted molar refractivity (Wildman–Crippen MR) is 72.5 cm³/mol. The molecule has 0 aliphatic rings. The van der Waals surface area contributed by atoms with Gasteiger partial charge in [0.15, 0.2) is 0 Å². The second-order valence-corrected chi connectivity index (χ2v) is 5.11. The molecule has 86 valence electrons. The molecule has 0 saturated heterocycles. The first-order valence-electron chi connectivity index (χ1n) is 5.46. The summed E-state index contributed by atoms with van der Waals surface area (Å²) >= 11 is 3.44. The van der Waals surface area contributed by atoms with Crippen LogP contribution >= 0.6 is 15.9 Å². The summed E-state index contributed by atoms with van der Waals surface area (Å²) in [4.78, 5) is -0.0273. The van der Waals surface area contributed by atoms with Crippen LogP contribution in [-0.2, 0) is 0 Å². The fraction of sp³-hybridized carbons (Fsp3) is 0.143. The Morgan fingerprint density at radius 3 is 2.65 bits per heavy atom. The average molecular weight is 291 g/mol. The lowest BCUT2D eigenvalue weighted by atomic mass is 10.1. The molecule has 0 fully saturated rings. The summed E-state index contributed by atoms with van der Waals surface area (Å²) in [6.07, 6.45) is 0. The van der Waals surface area contributed by atoms with E-state index in [-0.39, 0.29) is 11.4 Å². The molecular weight excluding hydrogens is 280 g/mol. The summed E-state index contributed by atoms with van der Waals surface area (Å²) in [6.45, 7) is 0.0846. The van der Waals surface area contributed by atoms with Gasteiger partial charge in [0.05, 0.1) is 11.4 Å². The molecule has 0 aliphatic heterocycles. The number of furan rings is 1. The Hall–Kier alpha value is -1.32. The van der Waals surface area contributed by atoms with Gasteiger partial charge in [-0.25, -0.2) is 0 Å². The van der Waals surface area contributed by atoms with Gasteiger partial charge in [-0.05, 0) is 23.8 Å². The number of rotatable bonds is 2. The van der Waals surface area contributed by atoms with Gasteiger partial charge in [0.1, 0.15) is 11.2 Å². The van der Waals surface area contributed by atoms with Crippen LogP contribution < -0.4 is 0 Å². The first-order chi connectivity index (χ1) is 8.29. The van der Waals surface area contributed by atoms with Gasteiger partial charge in [0.25, 0.3) is 0 Å². The van der Waals surface area contributed by atoms with Gasteiger partial charge in [-0.1, -0.05) is 40.2 Å². The van der Waals surface area contributed by atoms with E-state index in [4.69, 9.17) is 9.52 Å². The first kappa shape index (κ1) is 10.8. The highest BCUT2D eigenvalue weighted by Gasteiger charge is 2.10. The van der Waals surface area contributed by atoms with E-state index in [1.807, 2.05) is 36.4 Å². The van der Waals surface area contributed by atoms with Crippen LogP contribution in [0.5, 0.6) is 0 Å². The molecule has 1 heterocycles. The highest BCUT2D eigenvalue weighted by molar-refractivity contribution is 9.09. The number of alkyl halides is 1. The zero-order valence-corrected chi connectivity index (χ0v) is 10.6. The van der Waals surface area contributed by atoms with E-state index in [1.165, 1.54) is 0 Å². The van der Waals surface area contributed by atoms with Crippen LogP contribution in [0.15, 0.2) is 46.9 Å².